The molecule has 1 fully saturated rings. The van der Waals surface area contributed by atoms with Gasteiger partial charge in [-0.05, 0) is 56.2 Å². The maximum atomic E-state index is 13.7. The number of aliphatic hydroxyl groups excluding tert-OH is 1. The van der Waals surface area contributed by atoms with E-state index in [1.165, 1.54) is 0 Å². The standard InChI is InChI=1S/C14H19FO2/c1-2-17-14-8-5-11(9-13(14)15)10-3-6-12(16)7-4-10/h5,8-10,12,16H,2-4,6-7H2,1H3. The van der Waals surface area contributed by atoms with Crippen molar-refractivity contribution in [3.63, 3.8) is 0 Å². The van der Waals surface area contributed by atoms with Gasteiger partial charge in [-0.25, -0.2) is 4.39 Å². The number of benzene rings is 1. The van der Waals surface area contributed by atoms with E-state index in [1.807, 2.05) is 13.0 Å². The largest absolute Gasteiger partial charge is 0.491 e. The number of aliphatic hydroxyl groups is 1. The normalized spacial score (nSPS) is 24.6. The van der Waals surface area contributed by atoms with E-state index >= 15 is 0 Å². The predicted octanol–water partition coefficient (Wildman–Crippen LogP) is 3.24. The van der Waals surface area contributed by atoms with Crippen LogP contribution in [0.3, 0.4) is 0 Å². The molecule has 0 bridgehead atoms. The zero-order valence-corrected chi connectivity index (χ0v) is 10.2. The van der Waals surface area contributed by atoms with Crippen LogP contribution in [-0.4, -0.2) is 17.8 Å². The second-order valence-electron chi connectivity index (χ2n) is 4.63. The third kappa shape index (κ3) is 2.97. The Morgan fingerprint density at radius 3 is 2.59 bits per heavy atom. The van der Waals surface area contributed by atoms with Crippen molar-refractivity contribution in [1.82, 2.24) is 0 Å². The second-order valence-corrected chi connectivity index (χ2v) is 4.63. The maximum absolute atomic E-state index is 13.7. The summed E-state index contributed by atoms with van der Waals surface area (Å²) in [6, 6.07) is 5.23. The van der Waals surface area contributed by atoms with Gasteiger partial charge in [0.15, 0.2) is 11.6 Å². The molecule has 1 N–H and O–H groups in total. The Bertz CT molecular complexity index is 370. The molecule has 0 atom stereocenters. The molecule has 2 rings (SSSR count). The van der Waals surface area contributed by atoms with Crippen molar-refractivity contribution < 1.29 is 14.2 Å². The molecule has 0 radical (unpaired) electrons. The zero-order valence-electron chi connectivity index (χ0n) is 10.2. The molecule has 0 unspecified atom stereocenters. The Balaban J connectivity index is 2.09. The van der Waals surface area contributed by atoms with Crippen molar-refractivity contribution in [3.8, 4) is 5.75 Å². The fourth-order valence-electron chi connectivity index (χ4n) is 2.45. The van der Waals surface area contributed by atoms with Crippen molar-refractivity contribution in [1.29, 1.82) is 0 Å². The molecule has 0 spiro atoms. The van der Waals surface area contributed by atoms with Gasteiger partial charge >= 0.3 is 0 Å². The third-order valence-electron chi connectivity index (χ3n) is 3.42. The van der Waals surface area contributed by atoms with E-state index in [-0.39, 0.29) is 11.9 Å². The van der Waals surface area contributed by atoms with E-state index in [9.17, 15) is 9.50 Å². The van der Waals surface area contributed by atoms with E-state index in [0.29, 0.717) is 18.3 Å². The third-order valence-corrected chi connectivity index (χ3v) is 3.42. The summed E-state index contributed by atoms with van der Waals surface area (Å²) in [5.74, 6) is 0.422. The fraction of sp³-hybridized carbons (Fsp3) is 0.571. The topological polar surface area (TPSA) is 29.5 Å². The van der Waals surface area contributed by atoms with Crippen LogP contribution < -0.4 is 4.74 Å². The monoisotopic (exact) mass is 238 g/mol. The lowest BCUT2D eigenvalue weighted by Crippen LogP contribution is -2.17. The molecular formula is C14H19FO2. The number of halogens is 1. The molecule has 1 aromatic carbocycles. The van der Waals surface area contributed by atoms with E-state index in [1.54, 1.807) is 12.1 Å². The number of ether oxygens (including phenoxy) is 1. The molecule has 0 heterocycles. The summed E-state index contributed by atoms with van der Waals surface area (Å²) in [6.07, 6.45) is 3.35. The van der Waals surface area contributed by atoms with Gasteiger partial charge in [0.05, 0.1) is 12.7 Å². The highest BCUT2D eigenvalue weighted by Crippen LogP contribution is 2.34. The van der Waals surface area contributed by atoms with Gasteiger partial charge < -0.3 is 9.84 Å². The maximum Gasteiger partial charge on any atom is 0.165 e. The Hall–Kier alpha value is -1.09. The van der Waals surface area contributed by atoms with Crippen molar-refractivity contribution in [3.05, 3.63) is 29.6 Å². The van der Waals surface area contributed by atoms with Gasteiger partial charge in [-0.3, -0.25) is 0 Å². The molecule has 0 saturated heterocycles. The van der Waals surface area contributed by atoms with Crippen LogP contribution in [-0.2, 0) is 0 Å². The Morgan fingerprint density at radius 1 is 1.29 bits per heavy atom. The van der Waals surface area contributed by atoms with Crippen LogP contribution in [0.25, 0.3) is 0 Å². The van der Waals surface area contributed by atoms with E-state index in [2.05, 4.69) is 0 Å². The van der Waals surface area contributed by atoms with Gasteiger partial charge in [-0.2, -0.15) is 0 Å². The van der Waals surface area contributed by atoms with Crippen LogP contribution in [0, 0.1) is 5.82 Å². The molecule has 94 valence electrons. The quantitative estimate of drug-likeness (QED) is 0.876. The first-order chi connectivity index (χ1) is 8.20. The summed E-state index contributed by atoms with van der Waals surface area (Å²) in [5.41, 5.74) is 1.03. The first-order valence-electron chi connectivity index (χ1n) is 6.31. The van der Waals surface area contributed by atoms with Crippen molar-refractivity contribution >= 4 is 0 Å². The average Bonchev–Trinajstić information content (AvgIpc) is 2.33. The number of hydrogen-bond donors (Lipinski definition) is 1. The SMILES string of the molecule is CCOc1ccc(C2CCC(O)CC2)cc1F. The highest BCUT2D eigenvalue weighted by molar-refractivity contribution is 5.31. The molecule has 2 nitrogen and oxygen atoms in total. The lowest BCUT2D eigenvalue weighted by molar-refractivity contribution is 0.122. The second kappa shape index (κ2) is 5.50. The highest BCUT2D eigenvalue weighted by Gasteiger charge is 2.21. The minimum atomic E-state index is -0.282. The minimum Gasteiger partial charge on any atom is -0.491 e. The van der Waals surface area contributed by atoms with Gasteiger partial charge in [0.1, 0.15) is 0 Å². The number of hydrogen-bond acceptors (Lipinski definition) is 2. The highest BCUT2D eigenvalue weighted by atomic mass is 19.1. The van der Waals surface area contributed by atoms with Crippen LogP contribution in [0.4, 0.5) is 4.39 Å². The van der Waals surface area contributed by atoms with Gasteiger partial charge in [-0.15, -0.1) is 0 Å². The first kappa shape index (κ1) is 12.4. The summed E-state index contributed by atoms with van der Waals surface area (Å²) < 4.78 is 18.9. The van der Waals surface area contributed by atoms with Crippen LogP contribution >= 0.6 is 0 Å². The van der Waals surface area contributed by atoms with E-state index in [4.69, 9.17) is 4.74 Å². The average molecular weight is 238 g/mol. The van der Waals surface area contributed by atoms with Crippen LogP contribution in [0.15, 0.2) is 18.2 Å². The Kier molecular flexibility index (Phi) is 4.00. The smallest absolute Gasteiger partial charge is 0.165 e. The summed E-state index contributed by atoms with van der Waals surface area (Å²) in [5, 5.41) is 9.45. The van der Waals surface area contributed by atoms with Crippen LogP contribution in [0.2, 0.25) is 0 Å². The van der Waals surface area contributed by atoms with E-state index < -0.39 is 0 Å². The minimum absolute atomic E-state index is 0.168. The molecule has 0 aliphatic heterocycles. The Labute approximate surface area is 101 Å². The van der Waals surface area contributed by atoms with Gasteiger partial charge in [0, 0.05) is 0 Å². The summed E-state index contributed by atoms with van der Waals surface area (Å²) in [6.45, 7) is 2.32. The Morgan fingerprint density at radius 2 is 2.00 bits per heavy atom. The lowest BCUT2D eigenvalue weighted by Gasteiger charge is -2.25. The first-order valence-corrected chi connectivity index (χ1v) is 6.31. The van der Waals surface area contributed by atoms with Crippen molar-refractivity contribution in [2.75, 3.05) is 6.61 Å². The molecule has 17 heavy (non-hydrogen) atoms. The van der Waals surface area contributed by atoms with Crippen molar-refractivity contribution in [2.45, 2.75) is 44.6 Å². The summed E-state index contributed by atoms with van der Waals surface area (Å²) in [4.78, 5) is 0. The molecular weight excluding hydrogens is 219 g/mol. The molecule has 0 aromatic heterocycles. The molecule has 0 amide bonds. The molecule has 1 aliphatic rings. The van der Waals surface area contributed by atoms with Crippen LogP contribution in [0.5, 0.6) is 5.75 Å². The van der Waals surface area contributed by atoms with Gasteiger partial charge in [0.2, 0.25) is 0 Å². The molecule has 1 saturated carbocycles. The molecule has 1 aliphatic carbocycles. The fourth-order valence-corrected chi connectivity index (χ4v) is 2.45. The predicted molar refractivity (Wildman–Crippen MR) is 64.8 cm³/mol. The van der Waals surface area contributed by atoms with E-state index in [0.717, 1.165) is 31.2 Å². The van der Waals surface area contributed by atoms with Crippen LogP contribution in [0.1, 0.15) is 44.1 Å². The van der Waals surface area contributed by atoms with Crippen molar-refractivity contribution in [2.24, 2.45) is 0 Å². The lowest BCUT2D eigenvalue weighted by atomic mass is 9.83. The molecule has 3 heteroatoms. The summed E-state index contributed by atoms with van der Waals surface area (Å²) >= 11 is 0. The molecule has 1 aromatic rings. The van der Waals surface area contributed by atoms with Gasteiger partial charge in [-0.1, -0.05) is 6.07 Å². The number of rotatable bonds is 3. The van der Waals surface area contributed by atoms with Gasteiger partial charge in [0.25, 0.3) is 0 Å². The zero-order chi connectivity index (χ0) is 12.3. The summed E-state index contributed by atoms with van der Waals surface area (Å²) in [7, 11) is 0.